The summed E-state index contributed by atoms with van der Waals surface area (Å²) in [7, 11) is 0. The standard InChI is InChI=1S/C16H26N6O2/c1-14(23)21-4-6-22(7-5-21)16-12-15(18-13-19-16)17-2-3-20-8-10-24-11-9-20/h12-13H,2-11H2,1H3,(H,17,18,19). The quantitative estimate of drug-likeness (QED) is 0.805. The van der Waals surface area contributed by atoms with Crippen molar-refractivity contribution < 1.29 is 9.53 Å². The predicted octanol–water partition coefficient (Wildman–Crippen LogP) is -0.111. The minimum atomic E-state index is 0.141. The molecule has 24 heavy (non-hydrogen) atoms. The van der Waals surface area contributed by atoms with E-state index in [1.165, 1.54) is 0 Å². The Hall–Kier alpha value is -1.93. The summed E-state index contributed by atoms with van der Waals surface area (Å²) in [5, 5.41) is 3.37. The number of aromatic nitrogens is 2. The maximum Gasteiger partial charge on any atom is 0.219 e. The van der Waals surface area contributed by atoms with Crippen molar-refractivity contribution in [1.29, 1.82) is 0 Å². The number of carbonyl (C=O) groups excluding carboxylic acids is 1. The molecule has 2 saturated heterocycles. The van der Waals surface area contributed by atoms with E-state index in [1.807, 2.05) is 11.0 Å². The van der Waals surface area contributed by atoms with Crippen LogP contribution in [0.15, 0.2) is 12.4 Å². The van der Waals surface area contributed by atoms with Gasteiger partial charge in [0.2, 0.25) is 5.91 Å². The number of hydrogen-bond acceptors (Lipinski definition) is 7. The fourth-order valence-corrected chi connectivity index (χ4v) is 3.03. The molecule has 0 spiro atoms. The molecule has 8 heteroatoms. The molecular formula is C16H26N6O2. The Morgan fingerprint density at radius 3 is 2.62 bits per heavy atom. The summed E-state index contributed by atoms with van der Waals surface area (Å²) in [6.07, 6.45) is 1.60. The van der Waals surface area contributed by atoms with Gasteiger partial charge in [0.05, 0.1) is 13.2 Å². The lowest BCUT2D eigenvalue weighted by molar-refractivity contribution is -0.129. The molecule has 0 bridgehead atoms. The molecule has 3 heterocycles. The highest BCUT2D eigenvalue weighted by molar-refractivity contribution is 5.73. The second-order valence-electron chi connectivity index (χ2n) is 6.14. The molecule has 1 aromatic rings. The molecule has 2 aliphatic heterocycles. The number of nitrogens with zero attached hydrogens (tertiary/aromatic N) is 5. The number of rotatable bonds is 5. The number of carbonyl (C=O) groups is 1. The van der Waals surface area contributed by atoms with E-state index in [1.54, 1.807) is 13.3 Å². The Labute approximate surface area is 142 Å². The van der Waals surface area contributed by atoms with Crippen molar-refractivity contribution >= 4 is 17.5 Å². The van der Waals surface area contributed by atoms with E-state index in [0.717, 1.165) is 77.2 Å². The van der Waals surface area contributed by atoms with Crippen molar-refractivity contribution in [3.8, 4) is 0 Å². The minimum Gasteiger partial charge on any atom is -0.379 e. The van der Waals surface area contributed by atoms with Crippen LogP contribution in [0.3, 0.4) is 0 Å². The zero-order valence-corrected chi connectivity index (χ0v) is 14.3. The third-order valence-electron chi connectivity index (χ3n) is 4.54. The molecule has 8 nitrogen and oxygen atoms in total. The highest BCUT2D eigenvalue weighted by atomic mass is 16.5. The summed E-state index contributed by atoms with van der Waals surface area (Å²) < 4.78 is 5.36. The Morgan fingerprint density at radius 1 is 1.17 bits per heavy atom. The van der Waals surface area contributed by atoms with E-state index in [0.29, 0.717) is 0 Å². The molecule has 3 rings (SSSR count). The molecule has 132 valence electrons. The van der Waals surface area contributed by atoms with Crippen LogP contribution in [0.1, 0.15) is 6.92 Å². The molecule has 0 aliphatic carbocycles. The van der Waals surface area contributed by atoms with Crippen molar-refractivity contribution in [3.05, 3.63) is 12.4 Å². The third kappa shape index (κ3) is 4.55. The number of nitrogens with one attached hydrogen (secondary N) is 1. The van der Waals surface area contributed by atoms with Crippen LogP contribution in [-0.2, 0) is 9.53 Å². The zero-order chi connectivity index (χ0) is 16.8. The topological polar surface area (TPSA) is 73.8 Å². The van der Waals surface area contributed by atoms with Crippen molar-refractivity contribution in [2.45, 2.75) is 6.92 Å². The monoisotopic (exact) mass is 334 g/mol. The molecule has 0 saturated carbocycles. The summed E-state index contributed by atoms with van der Waals surface area (Å²) in [6.45, 7) is 10.2. The number of anilines is 2. The Bertz CT molecular complexity index is 541. The normalized spacial score (nSPS) is 19.4. The highest BCUT2D eigenvalue weighted by Gasteiger charge is 2.19. The van der Waals surface area contributed by atoms with Crippen LogP contribution in [0.2, 0.25) is 0 Å². The minimum absolute atomic E-state index is 0.141. The fraction of sp³-hybridized carbons (Fsp3) is 0.688. The summed E-state index contributed by atoms with van der Waals surface area (Å²) >= 11 is 0. The molecule has 2 aliphatic rings. The van der Waals surface area contributed by atoms with Gasteiger partial charge in [0.15, 0.2) is 0 Å². The summed E-state index contributed by atoms with van der Waals surface area (Å²) in [5.74, 6) is 1.91. The van der Waals surface area contributed by atoms with Crippen LogP contribution in [-0.4, -0.2) is 91.2 Å². The molecule has 0 aromatic carbocycles. The van der Waals surface area contributed by atoms with Gasteiger partial charge in [-0.15, -0.1) is 0 Å². The molecule has 1 N–H and O–H groups in total. The van der Waals surface area contributed by atoms with Crippen LogP contribution in [0.5, 0.6) is 0 Å². The van der Waals surface area contributed by atoms with Crippen LogP contribution in [0, 0.1) is 0 Å². The Balaban J connectivity index is 1.48. The van der Waals surface area contributed by atoms with Crippen LogP contribution in [0.4, 0.5) is 11.6 Å². The lowest BCUT2D eigenvalue weighted by Crippen LogP contribution is -2.48. The van der Waals surface area contributed by atoms with E-state index in [2.05, 4.69) is 25.1 Å². The highest BCUT2D eigenvalue weighted by Crippen LogP contribution is 2.16. The molecule has 0 atom stereocenters. The van der Waals surface area contributed by atoms with Gasteiger partial charge in [0.25, 0.3) is 0 Å². The lowest BCUT2D eigenvalue weighted by atomic mass is 10.3. The summed E-state index contributed by atoms with van der Waals surface area (Å²) in [5.41, 5.74) is 0. The predicted molar refractivity (Wildman–Crippen MR) is 92.2 cm³/mol. The summed E-state index contributed by atoms with van der Waals surface area (Å²) in [6, 6.07) is 1.99. The zero-order valence-electron chi connectivity index (χ0n) is 14.3. The maximum absolute atomic E-state index is 11.4. The van der Waals surface area contributed by atoms with E-state index in [-0.39, 0.29) is 5.91 Å². The SMILES string of the molecule is CC(=O)N1CCN(c2cc(NCCN3CCOCC3)ncn2)CC1. The van der Waals surface area contributed by atoms with Gasteiger partial charge in [0.1, 0.15) is 18.0 Å². The molecule has 0 unspecified atom stereocenters. The van der Waals surface area contributed by atoms with Gasteiger partial charge in [-0.1, -0.05) is 0 Å². The van der Waals surface area contributed by atoms with Gasteiger partial charge in [-0.25, -0.2) is 9.97 Å². The van der Waals surface area contributed by atoms with Crippen LogP contribution < -0.4 is 10.2 Å². The molecule has 1 amide bonds. The Kier molecular flexibility index (Phi) is 5.81. The first-order valence-electron chi connectivity index (χ1n) is 8.59. The average molecular weight is 334 g/mol. The molecule has 1 aromatic heterocycles. The van der Waals surface area contributed by atoms with Crippen molar-refractivity contribution in [1.82, 2.24) is 19.8 Å². The second kappa shape index (κ2) is 8.25. The van der Waals surface area contributed by atoms with Gasteiger partial charge in [-0.05, 0) is 0 Å². The number of piperazine rings is 1. The van der Waals surface area contributed by atoms with E-state index in [9.17, 15) is 4.79 Å². The van der Waals surface area contributed by atoms with Gasteiger partial charge >= 0.3 is 0 Å². The van der Waals surface area contributed by atoms with Crippen LogP contribution >= 0.6 is 0 Å². The fourth-order valence-electron chi connectivity index (χ4n) is 3.03. The lowest BCUT2D eigenvalue weighted by Gasteiger charge is -2.34. The van der Waals surface area contributed by atoms with E-state index in [4.69, 9.17) is 4.74 Å². The molecule has 0 radical (unpaired) electrons. The van der Waals surface area contributed by atoms with E-state index < -0.39 is 0 Å². The third-order valence-corrected chi connectivity index (χ3v) is 4.54. The van der Waals surface area contributed by atoms with Gasteiger partial charge in [0, 0.05) is 65.3 Å². The number of amides is 1. The van der Waals surface area contributed by atoms with Crippen LogP contribution in [0.25, 0.3) is 0 Å². The smallest absolute Gasteiger partial charge is 0.219 e. The van der Waals surface area contributed by atoms with E-state index >= 15 is 0 Å². The Morgan fingerprint density at radius 2 is 1.92 bits per heavy atom. The largest absolute Gasteiger partial charge is 0.379 e. The van der Waals surface area contributed by atoms with Gasteiger partial charge in [-0.3, -0.25) is 9.69 Å². The van der Waals surface area contributed by atoms with Crippen molar-refractivity contribution in [2.75, 3.05) is 75.8 Å². The summed E-state index contributed by atoms with van der Waals surface area (Å²) in [4.78, 5) is 26.5. The maximum atomic E-state index is 11.4. The van der Waals surface area contributed by atoms with Gasteiger partial charge < -0.3 is 19.9 Å². The molecule has 2 fully saturated rings. The molecular weight excluding hydrogens is 308 g/mol. The first-order chi connectivity index (χ1) is 11.7. The van der Waals surface area contributed by atoms with Crippen molar-refractivity contribution in [3.63, 3.8) is 0 Å². The van der Waals surface area contributed by atoms with Crippen molar-refractivity contribution in [2.24, 2.45) is 0 Å². The average Bonchev–Trinajstić information content (AvgIpc) is 2.63. The van der Waals surface area contributed by atoms with Gasteiger partial charge in [-0.2, -0.15) is 0 Å². The first-order valence-corrected chi connectivity index (χ1v) is 8.59. The number of morpholine rings is 1. The second-order valence-corrected chi connectivity index (χ2v) is 6.14. The first kappa shape index (κ1) is 16.9. The number of hydrogen-bond donors (Lipinski definition) is 1. The number of ether oxygens (including phenoxy) is 1.